The Kier molecular flexibility index (Phi) is 6.28. The molecular weight excluding hydrogens is 338 g/mol. The summed E-state index contributed by atoms with van der Waals surface area (Å²) in [6.45, 7) is 4.29. The van der Waals surface area contributed by atoms with Gasteiger partial charge in [-0.1, -0.05) is 74.9 Å². The second-order valence-corrected chi connectivity index (χ2v) is 7.23. The zero-order valence-corrected chi connectivity index (χ0v) is 16.1. The number of rotatable bonds is 6. The third-order valence-electron chi connectivity index (χ3n) is 5.10. The smallest absolute Gasteiger partial charge is 0.416 e. The normalized spacial score (nSPS) is 19.3. The molecule has 3 rings (SSSR count). The van der Waals surface area contributed by atoms with E-state index < -0.39 is 6.09 Å². The number of unbranched alkanes of at least 4 members (excludes halogenated alkanes) is 1. The molecule has 2 aromatic rings. The number of hydrogen-bond donors (Lipinski definition) is 0. The standard InChI is InChI=1S/C23H27NO3/c1-3-4-14-27-23(26)24-21(15-17(2)22(24)25)16-18-10-12-20(13-11-18)19-8-6-5-7-9-19/h5-13,17,21H,3-4,14-16H2,1-2H3/t17-,21-/m0/s1. The Morgan fingerprint density at radius 3 is 2.41 bits per heavy atom. The highest BCUT2D eigenvalue weighted by molar-refractivity contribution is 5.95. The number of benzene rings is 2. The van der Waals surface area contributed by atoms with Crippen LogP contribution in [-0.4, -0.2) is 29.5 Å². The van der Waals surface area contributed by atoms with Crippen LogP contribution in [0.25, 0.3) is 11.1 Å². The Labute approximate surface area is 161 Å². The monoisotopic (exact) mass is 365 g/mol. The molecule has 0 N–H and O–H groups in total. The molecule has 0 saturated carbocycles. The van der Waals surface area contributed by atoms with Crippen molar-refractivity contribution in [1.82, 2.24) is 4.90 Å². The topological polar surface area (TPSA) is 46.6 Å². The summed E-state index contributed by atoms with van der Waals surface area (Å²) in [6, 6.07) is 18.4. The lowest BCUT2D eigenvalue weighted by molar-refractivity contribution is -0.130. The minimum atomic E-state index is -0.497. The van der Waals surface area contributed by atoms with Gasteiger partial charge in [0.25, 0.3) is 0 Å². The Bertz CT molecular complexity index is 770. The van der Waals surface area contributed by atoms with E-state index in [0.29, 0.717) is 19.4 Å². The Balaban J connectivity index is 1.69. The second kappa shape index (κ2) is 8.85. The molecule has 0 aromatic heterocycles. The summed E-state index contributed by atoms with van der Waals surface area (Å²) >= 11 is 0. The minimum Gasteiger partial charge on any atom is -0.449 e. The van der Waals surface area contributed by atoms with Gasteiger partial charge in [-0.2, -0.15) is 0 Å². The quantitative estimate of drug-likeness (QED) is 0.672. The van der Waals surface area contributed by atoms with Crippen molar-refractivity contribution in [2.75, 3.05) is 6.61 Å². The number of carbonyl (C=O) groups excluding carboxylic acids is 2. The van der Waals surface area contributed by atoms with E-state index in [4.69, 9.17) is 4.74 Å². The number of carbonyl (C=O) groups is 2. The average Bonchev–Trinajstić information content (AvgIpc) is 2.96. The number of nitrogens with zero attached hydrogens (tertiary/aromatic N) is 1. The lowest BCUT2D eigenvalue weighted by Crippen LogP contribution is -2.40. The number of hydrogen-bond acceptors (Lipinski definition) is 3. The Morgan fingerprint density at radius 2 is 1.74 bits per heavy atom. The summed E-state index contributed by atoms with van der Waals surface area (Å²) in [5.41, 5.74) is 3.45. The molecular formula is C23H27NO3. The van der Waals surface area contributed by atoms with Crippen LogP contribution in [0.4, 0.5) is 4.79 Å². The van der Waals surface area contributed by atoms with Crippen molar-refractivity contribution in [3.63, 3.8) is 0 Å². The van der Waals surface area contributed by atoms with Gasteiger partial charge in [-0.25, -0.2) is 9.69 Å². The molecule has 4 heteroatoms. The third kappa shape index (κ3) is 4.57. The number of likely N-dealkylation sites (tertiary alicyclic amines) is 1. The van der Waals surface area contributed by atoms with E-state index in [0.717, 1.165) is 24.0 Å². The molecule has 142 valence electrons. The zero-order chi connectivity index (χ0) is 19.2. The van der Waals surface area contributed by atoms with Crippen molar-refractivity contribution >= 4 is 12.0 Å². The number of amides is 2. The highest BCUT2D eigenvalue weighted by atomic mass is 16.6. The van der Waals surface area contributed by atoms with E-state index in [1.54, 1.807) is 0 Å². The van der Waals surface area contributed by atoms with Crippen LogP contribution in [0.1, 0.15) is 38.7 Å². The van der Waals surface area contributed by atoms with Crippen molar-refractivity contribution in [3.8, 4) is 11.1 Å². The van der Waals surface area contributed by atoms with E-state index in [1.807, 2.05) is 32.0 Å². The highest BCUT2D eigenvalue weighted by Gasteiger charge is 2.41. The van der Waals surface area contributed by atoms with E-state index in [2.05, 4.69) is 36.4 Å². The fourth-order valence-electron chi connectivity index (χ4n) is 3.55. The molecule has 0 unspecified atom stereocenters. The van der Waals surface area contributed by atoms with Gasteiger partial charge in [0.2, 0.25) is 5.91 Å². The van der Waals surface area contributed by atoms with Crippen molar-refractivity contribution in [3.05, 3.63) is 60.2 Å². The SMILES string of the molecule is CCCCOC(=O)N1C(=O)[C@@H](C)C[C@H]1Cc1ccc(-c2ccccc2)cc1. The summed E-state index contributed by atoms with van der Waals surface area (Å²) in [4.78, 5) is 26.2. The van der Waals surface area contributed by atoms with Gasteiger partial charge < -0.3 is 4.74 Å². The van der Waals surface area contributed by atoms with Crippen LogP contribution in [0.3, 0.4) is 0 Å². The molecule has 1 saturated heterocycles. The summed E-state index contributed by atoms with van der Waals surface area (Å²) in [5, 5.41) is 0. The largest absolute Gasteiger partial charge is 0.449 e. The summed E-state index contributed by atoms with van der Waals surface area (Å²) < 4.78 is 5.30. The van der Waals surface area contributed by atoms with Crippen molar-refractivity contribution in [1.29, 1.82) is 0 Å². The first-order valence-corrected chi connectivity index (χ1v) is 9.74. The van der Waals surface area contributed by atoms with Gasteiger partial charge in [-0.15, -0.1) is 0 Å². The van der Waals surface area contributed by atoms with E-state index in [-0.39, 0.29) is 17.9 Å². The fraction of sp³-hybridized carbons (Fsp3) is 0.391. The molecule has 1 heterocycles. The lowest BCUT2D eigenvalue weighted by Gasteiger charge is -2.22. The summed E-state index contributed by atoms with van der Waals surface area (Å²) in [5.74, 6) is -0.264. The van der Waals surface area contributed by atoms with Crippen molar-refractivity contribution in [2.45, 2.75) is 45.6 Å². The van der Waals surface area contributed by atoms with E-state index in [9.17, 15) is 9.59 Å². The number of imide groups is 1. The molecule has 0 aliphatic carbocycles. The van der Waals surface area contributed by atoms with Gasteiger partial charge in [0.05, 0.1) is 6.61 Å². The van der Waals surface area contributed by atoms with Crippen LogP contribution in [-0.2, 0) is 16.0 Å². The zero-order valence-electron chi connectivity index (χ0n) is 16.1. The second-order valence-electron chi connectivity index (χ2n) is 7.23. The van der Waals surface area contributed by atoms with Gasteiger partial charge in [-0.05, 0) is 36.0 Å². The molecule has 1 aliphatic rings. The van der Waals surface area contributed by atoms with Gasteiger partial charge in [0.15, 0.2) is 0 Å². The molecule has 1 aliphatic heterocycles. The molecule has 2 aromatic carbocycles. The molecule has 4 nitrogen and oxygen atoms in total. The molecule has 2 amide bonds. The van der Waals surface area contributed by atoms with Crippen molar-refractivity contribution < 1.29 is 14.3 Å². The minimum absolute atomic E-state index is 0.123. The Morgan fingerprint density at radius 1 is 1.07 bits per heavy atom. The van der Waals surface area contributed by atoms with Gasteiger partial charge in [0.1, 0.15) is 0 Å². The number of ether oxygens (including phenoxy) is 1. The maximum Gasteiger partial charge on any atom is 0.416 e. The molecule has 1 fully saturated rings. The van der Waals surface area contributed by atoms with E-state index in [1.165, 1.54) is 10.5 Å². The maximum absolute atomic E-state index is 12.4. The first-order chi connectivity index (χ1) is 13.1. The first kappa shape index (κ1) is 19.2. The molecule has 0 radical (unpaired) electrons. The Hall–Kier alpha value is -2.62. The van der Waals surface area contributed by atoms with Crippen molar-refractivity contribution in [2.24, 2.45) is 5.92 Å². The van der Waals surface area contributed by atoms with Crippen LogP contribution in [0.15, 0.2) is 54.6 Å². The van der Waals surface area contributed by atoms with E-state index >= 15 is 0 Å². The van der Waals surface area contributed by atoms with Crippen LogP contribution < -0.4 is 0 Å². The van der Waals surface area contributed by atoms with Gasteiger partial charge in [-0.3, -0.25) is 4.79 Å². The summed E-state index contributed by atoms with van der Waals surface area (Å²) in [6.07, 6.45) is 2.61. The van der Waals surface area contributed by atoms with Crippen LogP contribution >= 0.6 is 0 Å². The summed E-state index contributed by atoms with van der Waals surface area (Å²) in [7, 11) is 0. The van der Waals surface area contributed by atoms with Gasteiger partial charge in [0, 0.05) is 12.0 Å². The molecule has 27 heavy (non-hydrogen) atoms. The van der Waals surface area contributed by atoms with Gasteiger partial charge >= 0.3 is 6.09 Å². The molecule has 0 spiro atoms. The van der Waals surface area contributed by atoms with Crippen LogP contribution in [0, 0.1) is 5.92 Å². The predicted octanol–water partition coefficient (Wildman–Crippen LogP) is 5.07. The first-order valence-electron chi connectivity index (χ1n) is 9.74. The molecule has 2 atom stereocenters. The van der Waals surface area contributed by atoms with Crippen LogP contribution in [0.2, 0.25) is 0 Å². The predicted molar refractivity (Wildman–Crippen MR) is 106 cm³/mol. The maximum atomic E-state index is 12.4. The fourth-order valence-corrected chi connectivity index (χ4v) is 3.55. The lowest BCUT2D eigenvalue weighted by atomic mass is 9.98. The third-order valence-corrected chi connectivity index (χ3v) is 5.10. The average molecular weight is 365 g/mol. The molecule has 0 bridgehead atoms. The van der Waals surface area contributed by atoms with Crippen LogP contribution in [0.5, 0.6) is 0 Å². The highest BCUT2D eigenvalue weighted by Crippen LogP contribution is 2.28.